The molecule has 1 unspecified atom stereocenters. The highest BCUT2D eigenvalue weighted by atomic mass is 19.4. The molecule has 1 aliphatic rings. The van der Waals surface area contributed by atoms with Crippen molar-refractivity contribution in [3.63, 3.8) is 0 Å². The van der Waals surface area contributed by atoms with Crippen LogP contribution >= 0.6 is 0 Å². The number of nitrogens with zero attached hydrogens (tertiary/aromatic N) is 6. The smallest absolute Gasteiger partial charge is 0.378 e. The maximum atomic E-state index is 12.6. The summed E-state index contributed by atoms with van der Waals surface area (Å²) in [6, 6.07) is 11.3. The maximum absolute atomic E-state index is 12.6. The monoisotopic (exact) mass is 457 g/mol. The summed E-state index contributed by atoms with van der Waals surface area (Å²) in [5.41, 5.74) is 2.50. The summed E-state index contributed by atoms with van der Waals surface area (Å²) in [6.45, 7) is 0.369. The molecule has 1 aliphatic heterocycles. The van der Waals surface area contributed by atoms with Crippen LogP contribution in [-0.2, 0) is 12.5 Å². The Kier molecular flexibility index (Phi) is 6.05. The number of nitrogens with one attached hydrogen (secondary N) is 1. The van der Waals surface area contributed by atoms with Crippen molar-refractivity contribution < 1.29 is 18.3 Å². The SMILES string of the molecule is Cn1cc(Nc2nccc(-c3ccc(C4(CC#N)CN(C(O)CC(F)(F)F)C4)cc3)n2)cn1. The fourth-order valence-electron chi connectivity index (χ4n) is 4.01. The minimum atomic E-state index is -4.45. The highest BCUT2D eigenvalue weighted by Gasteiger charge is 2.48. The van der Waals surface area contributed by atoms with Gasteiger partial charge in [0.25, 0.3) is 0 Å². The van der Waals surface area contributed by atoms with Gasteiger partial charge in [0, 0.05) is 49.9 Å². The van der Waals surface area contributed by atoms with Gasteiger partial charge < -0.3 is 10.4 Å². The van der Waals surface area contributed by atoms with E-state index in [0.29, 0.717) is 11.6 Å². The van der Waals surface area contributed by atoms with E-state index in [9.17, 15) is 23.5 Å². The molecule has 3 aromatic rings. The first-order valence-electron chi connectivity index (χ1n) is 10.2. The number of rotatable bonds is 7. The number of aliphatic hydroxyl groups excluding tert-OH is 1. The summed E-state index contributed by atoms with van der Waals surface area (Å²) in [7, 11) is 1.81. The lowest BCUT2D eigenvalue weighted by atomic mass is 9.71. The lowest BCUT2D eigenvalue weighted by Crippen LogP contribution is -2.62. The second-order valence-electron chi connectivity index (χ2n) is 8.19. The summed E-state index contributed by atoms with van der Waals surface area (Å²) < 4.78 is 39.4. The molecular formula is C22H22F3N7O. The third-order valence-corrected chi connectivity index (χ3v) is 5.67. The number of hydrogen-bond acceptors (Lipinski definition) is 7. The van der Waals surface area contributed by atoms with Gasteiger partial charge in [-0.05, 0) is 11.6 Å². The van der Waals surface area contributed by atoms with Crippen LogP contribution in [0, 0.1) is 11.3 Å². The number of aryl methyl sites for hydroxylation is 1. The number of halogens is 3. The van der Waals surface area contributed by atoms with Crippen molar-refractivity contribution in [3.8, 4) is 17.3 Å². The van der Waals surface area contributed by atoms with E-state index in [1.807, 2.05) is 24.3 Å². The van der Waals surface area contributed by atoms with Crippen LogP contribution in [0.4, 0.5) is 24.8 Å². The number of anilines is 2. The van der Waals surface area contributed by atoms with Crippen molar-refractivity contribution in [1.82, 2.24) is 24.6 Å². The topological polar surface area (TPSA) is 103 Å². The number of nitriles is 1. The first-order valence-corrected chi connectivity index (χ1v) is 10.2. The molecule has 0 radical (unpaired) electrons. The molecule has 1 saturated heterocycles. The molecule has 1 aromatic carbocycles. The predicted octanol–water partition coefficient (Wildman–Crippen LogP) is 3.36. The van der Waals surface area contributed by atoms with E-state index in [1.54, 1.807) is 36.4 Å². The Morgan fingerprint density at radius 1 is 1.24 bits per heavy atom. The summed E-state index contributed by atoms with van der Waals surface area (Å²) in [6.07, 6.45) is -2.11. The Morgan fingerprint density at radius 2 is 1.97 bits per heavy atom. The molecule has 8 nitrogen and oxygen atoms in total. The van der Waals surface area contributed by atoms with Gasteiger partial charge in [-0.3, -0.25) is 9.58 Å². The second kappa shape index (κ2) is 8.80. The summed E-state index contributed by atoms with van der Waals surface area (Å²) in [4.78, 5) is 10.1. The van der Waals surface area contributed by atoms with Crippen molar-refractivity contribution in [2.75, 3.05) is 18.4 Å². The zero-order chi connectivity index (χ0) is 23.6. The van der Waals surface area contributed by atoms with Gasteiger partial charge >= 0.3 is 6.18 Å². The van der Waals surface area contributed by atoms with E-state index < -0.39 is 24.2 Å². The molecule has 2 aromatic heterocycles. The largest absolute Gasteiger partial charge is 0.392 e. The third-order valence-electron chi connectivity index (χ3n) is 5.67. The van der Waals surface area contributed by atoms with Crippen molar-refractivity contribution in [1.29, 1.82) is 5.26 Å². The second-order valence-corrected chi connectivity index (χ2v) is 8.19. The average Bonchev–Trinajstić information content (AvgIpc) is 3.14. The molecule has 0 amide bonds. The van der Waals surface area contributed by atoms with Crippen LogP contribution in [0.2, 0.25) is 0 Å². The van der Waals surface area contributed by atoms with E-state index in [4.69, 9.17) is 0 Å². The first-order chi connectivity index (χ1) is 15.7. The molecule has 0 bridgehead atoms. The molecular weight excluding hydrogens is 435 g/mol. The quantitative estimate of drug-likeness (QED) is 0.561. The molecule has 0 aliphatic carbocycles. The lowest BCUT2D eigenvalue weighted by Gasteiger charge is -2.51. The Labute approximate surface area is 188 Å². The highest BCUT2D eigenvalue weighted by molar-refractivity contribution is 5.62. The van der Waals surface area contributed by atoms with Crippen molar-refractivity contribution in [2.24, 2.45) is 7.05 Å². The van der Waals surface area contributed by atoms with Crippen molar-refractivity contribution in [3.05, 3.63) is 54.5 Å². The number of benzene rings is 1. The Bertz CT molecular complexity index is 1150. The number of aromatic nitrogens is 4. The number of likely N-dealkylation sites (tertiary alicyclic amines) is 1. The molecule has 1 atom stereocenters. The van der Waals surface area contributed by atoms with Crippen molar-refractivity contribution in [2.45, 2.75) is 30.7 Å². The van der Waals surface area contributed by atoms with Gasteiger partial charge in [0.15, 0.2) is 0 Å². The van der Waals surface area contributed by atoms with E-state index in [0.717, 1.165) is 16.8 Å². The Hall–Kier alpha value is -3.49. The van der Waals surface area contributed by atoms with Gasteiger partial charge in [0.05, 0.1) is 30.1 Å². The fourth-order valence-corrected chi connectivity index (χ4v) is 4.01. The Morgan fingerprint density at radius 3 is 2.58 bits per heavy atom. The van der Waals surface area contributed by atoms with Crippen LogP contribution in [0.1, 0.15) is 18.4 Å². The maximum Gasteiger partial charge on any atom is 0.392 e. The molecule has 0 spiro atoms. The van der Waals surface area contributed by atoms with Crippen LogP contribution in [0.15, 0.2) is 48.9 Å². The molecule has 4 rings (SSSR count). The zero-order valence-corrected chi connectivity index (χ0v) is 17.8. The summed E-state index contributed by atoms with van der Waals surface area (Å²) in [5, 5.41) is 26.3. The van der Waals surface area contributed by atoms with Crippen LogP contribution in [0.3, 0.4) is 0 Å². The van der Waals surface area contributed by atoms with Crippen LogP contribution in [-0.4, -0.2) is 55.2 Å². The molecule has 2 N–H and O–H groups in total. The number of hydrogen-bond donors (Lipinski definition) is 2. The van der Waals surface area contributed by atoms with Gasteiger partial charge in [-0.25, -0.2) is 9.97 Å². The minimum absolute atomic E-state index is 0.147. The number of aliphatic hydroxyl groups is 1. The molecule has 1 fully saturated rings. The fraction of sp³-hybridized carbons (Fsp3) is 0.364. The predicted molar refractivity (Wildman–Crippen MR) is 114 cm³/mol. The molecule has 11 heteroatoms. The standard InChI is InChI=1S/C22H22F3N7O/c1-31-12-17(11-28-31)29-20-27-9-6-18(30-20)15-2-4-16(5-3-15)21(7-8-26)13-32(14-21)19(33)10-22(23,24)25/h2-6,9,11-12,19,33H,7,10,13-14H2,1H3,(H,27,29,30). The van der Waals surface area contributed by atoms with Crippen LogP contribution in [0.5, 0.6) is 0 Å². The molecule has 33 heavy (non-hydrogen) atoms. The van der Waals surface area contributed by atoms with Crippen LogP contribution < -0.4 is 5.32 Å². The summed E-state index contributed by atoms with van der Waals surface area (Å²) >= 11 is 0. The molecule has 3 heterocycles. The van der Waals surface area contributed by atoms with E-state index >= 15 is 0 Å². The third kappa shape index (κ3) is 5.13. The van der Waals surface area contributed by atoms with Gasteiger partial charge in [-0.1, -0.05) is 24.3 Å². The molecule has 172 valence electrons. The van der Waals surface area contributed by atoms with Gasteiger partial charge in [-0.15, -0.1) is 0 Å². The van der Waals surface area contributed by atoms with Gasteiger partial charge in [0.1, 0.15) is 6.23 Å². The molecule has 0 saturated carbocycles. The minimum Gasteiger partial charge on any atom is -0.378 e. The Balaban J connectivity index is 1.48. The van der Waals surface area contributed by atoms with E-state index in [2.05, 4.69) is 26.5 Å². The van der Waals surface area contributed by atoms with Gasteiger partial charge in [-0.2, -0.15) is 23.5 Å². The summed E-state index contributed by atoms with van der Waals surface area (Å²) in [5.74, 6) is 0.416. The van der Waals surface area contributed by atoms with Crippen molar-refractivity contribution >= 4 is 11.6 Å². The van der Waals surface area contributed by atoms with E-state index in [1.165, 1.54) is 4.90 Å². The zero-order valence-electron chi connectivity index (χ0n) is 17.8. The lowest BCUT2D eigenvalue weighted by molar-refractivity contribution is -0.188. The number of alkyl halides is 3. The first kappa shape index (κ1) is 22.7. The van der Waals surface area contributed by atoms with E-state index in [-0.39, 0.29) is 19.5 Å². The normalized spacial score (nSPS) is 16.6. The van der Waals surface area contributed by atoms with Gasteiger partial charge in [0.2, 0.25) is 5.95 Å². The van der Waals surface area contributed by atoms with Crippen LogP contribution in [0.25, 0.3) is 11.3 Å². The highest BCUT2D eigenvalue weighted by Crippen LogP contribution is 2.40. The average molecular weight is 457 g/mol.